The highest BCUT2D eigenvalue weighted by atomic mass is 79.9. The van der Waals surface area contributed by atoms with Crippen LogP contribution >= 0.6 is 15.9 Å². The number of halogens is 1. The molecule has 3 amide bonds. The van der Waals surface area contributed by atoms with Crippen LogP contribution in [0.3, 0.4) is 0 Å². The molecule has 0 radical (unpaired) electrons. The normalized spacial score (nSPS) is 16.4. The van der Waals surface area contributed by atoms with Gasteiger partial charge in [-0.05, 0) is 39.3 Å². The molecule has 25 heavy (non-hydrogen) atoms. The van der Waals surface area contributed by atoms with Crippen LogP contribution in [0, 0.1) is 0 Å². The summed E-state index contributed by atoms with van der Waals surface area (Å²) in [5.74, 6) is 0. The molecule has 1 aliphatic rings. The molecule has 1 aromatic carbocycles. The molecule has 7 heteroatoms. The van der Waals surface area contributed by atoms with Crippen molar-refractivity contribution in [3.05, 3.63) is 34.3 Å². The van der Waals surface area contributed by atoms with Gasteiger partial charge in [0.15, 0.2) is 0 Å². The van der Waals surface area contributed by atoms with Gasteiger partial charge in [0.05, 0.1) is 6.04 Å². The molecule has 0 spiro atoms. The summed E-state index contributed by atoms with van der Waals surface area (Å²) in [7, 11) is 0. The Hall–Kier alpha value is -1.76. The molecule has 1 heterocycles. The summed E-state index contributed by atoms with van der Waals surface area (Å²) < 4.78 is 6.34. The molecule has 0 aromatic heterocycles. The maximum atomic E-state index is 12.5. The van der Waals surface area contributed by atoms with Crippen molar-refractivity contribution in [1.82, 2.24) is 15.1 Å². The van der Waals surface area contributed by atoms with Gasteiger partial charge in [0.1, 0.15) is 5.60 Å². The van der Waals surface area contributed by atoms with Crippen molar-refractivity contribution in [3.8, 4) is 0 Å². The molecule has 0 saturated carbocycles. The van der Waals surface area contributed by atoms with Gasteiger partial charge in [-0.2, -0.15) is 0 Å². The molecule has 1 fully saturated rings. The highest BCUT2D eigenvalue weighted by molar-refractivity contribution is 9.10. The standard InChI is InChI=1S/C18H26BrN3O3/c1-13(14-7-5-6-8-15(14)19)20-16(23)21-9-11-22(12-10-21)17(24)25-18(2,3)4/h5-8,13H,9-12H2,1-4H3,(H,20,23). The topological polar surface area (TPSA) is 61.9 Å². The fourth-order valence-electron chi connectivity index (χ4n) is 2.60. The van der Waals surface area contributed by atoms with E-state index in [2.05, 4.69) is 21.2 Å². The highest BCUT2D eigenvalue weighted by Crippen LogP contribution is 2.23. The van der Waals surface area contributed by atoms with Gasteiger partial charge in [-0.3, -0.25) is 0 Å². The maximum Gasteiger partial charge on any atom is 0.410 e. The molecule has 6 nitrogen and oxygen atoms in total. The average molecular weight is 412 g/mol. The second-order valence-electron chi connectivity index (χ2n) is 7.15. The van der Waals surface area contributed by atoms with E-state index < -0.39 is 5.60 Å². The Labute approximate surface area is 157 Å². The smallest absolute Gasteiger partial charge is 0.410 e. The lowest BCUT2D eigenvalue weighted by Gasteiger charge is -2.36. The second kappa shape index (κ2) is 8.08. The summed E-state index contributed by atoms with van der Waals surface area (Å²) in [6.07, 6.45) is -0.325. The summed E-state index contributed by atoms with van der Waals surface area (Å²) in [6, 6.07) is 7.60. The summed E-state index contributed by atoms with van der Waals surface area (Å²) in [4.78, 5) is 27.9. The Balaban J connectivity index is 1.85. The predicted molar refractivity (Wildman–Crippen MR) is 100 cm³/mol. The van der Waals surface area contributed by atoms with Crippen LogP contribution in [-0.2, 0) is 4.74 Å². The van der Waals surface area contributed by atoms with Crippen LogP contribution in [0.4, 0.5) is 9.59 Å². The Morgan fingerprint density at radius 2 is 1.68 bits per heavy atom. The molecule has 2 rings (SSSR count). The number of piperazine rings is 1. The van der Waals surface area contributed by atoms with Crippen LogP contribution < -0.4 is 5.32 Å². The number of amides is 3. The molecule has 0 aliphatic carbocycles. The van der Waals surface area contributed by atoms with E-state index in [1.165, 1.54) is 0 Å². The Morgan fingerprint density at radius 1 is 1.12 bits per heavy atom. The number of benzene rings is 1. The van der Waals surface area contributed by atoms with Crippen molar-refractivity contribution in [1.29, 1.82) is 0 Å². The number of hydrogen-bond donors (Lipinski definition) is 1. The van der Waals surface area contributed by atoms with Gasteiger partial charge in [0, 0.05) is 30.7 Å². The van der Waals surface area contributed by atoms with Crippen LogP contribution in [0.25, 0.3) is 0 Å². The maximum absolute atomic E-state index is 12.5. The molecule has 1 atom stereocenters. The molecule has 1 aromatic rings. The minimum atomic E-state index is -0.510. The molecule has 138 valence electrons. The number of rotatable bonds is 2. The summed E-state index contributed by atoms with van der Waals surface area (Å²) >= 11 is 3.51. The average Bonchev–Trinajstić information content (AvgIpc) is 2.53. The third kappa shape index (κ3) is 5.63. The first-order valence-electron chi connectivity index (χ1n) is 8.45. The third-order valence-electron chi connectivity index (χ3n) is 3.93. The van der Waals surface area contributed by atoms with Crippen molar-refractivity contribution in [2.24, 2.45) is 0 Å². The number of urea groups is 1. The number of nitrogens with one attached hydrogen (secondary N) is 1. The molecule has 1 unspecified atom stereocenters. The van der Waals surface area contributed by atoms with E-state index in [1.807, 2.05) is 52.0 Å². The van der Waals surface area contributed by atoms with E-state index in [0.29, 0.717) is 26.2 Å². The molecule has 1 aliphatic heterocycles. The second-order valence-corrected chi connectivity index (χ2v) is 8.00. The molecule has 1 saturated heterocycles. The van der Waals surface area contributed by atoms with Crippen molar-refractivity contribution < 1.29 is 14.3 Å². The largest absolute Gasteiger partial charge is 0.444 e. The van der Waals surface area contributed by atoms with E-state index >= 15 is 0 Å². The number of nitrogens with zero attached hydrogens (tertiary/aromatic N) is 2. The van der Waals surface area contributed by atoms with Gasteiger partial charge in [0.25, 0.3) is 0 Å². The lowest BCUT2D eigenvalue weighted by molar-refractivity contribution is 0.0169. The van der Waals surface area contributed by atoms with E-state index in [0.717, 1.165) is 10.0 Å². The van der Waals surface area contributed by atoms with Crippen LogP contribution in [-0.4, -0.2) is 53.7 Å². The fraction of sp³-hybridized carbons (Fsp3) is 0.556. The zero-order chi connectivity index (χ0) is 18.6. The summed E-state index contributed by atoms with van der Waals surface area (Å²) in [6.45, 7) is 9.43. The van der Waals surface area contributed by atoms with Crippen LogP contribution in [0.2, 0.25) is 0 Å². The number of ether oxygens (including phenoxy) is 1. The van der Waals surface area contributed by atoms with Crippen LogP contribution in [0.1, 0.15) is 39.3 Å². The zero-order valence-corrected chi connectivity index (χ0v) is 16.8. The first-order valence-corrected chi connectivity index (χ1v) is 9.24. The lowest BCUT2D eigenvalue weighted by Crippen LogP contribution is -2.54. The monoisotopic (exact) mass is 411 g/mol. The minimum absolute atomic E-state index is 0.105. The van der Waals surface area contributed by atoms with Crippen molar-refractivity contribution in [2.45, 2.75) is 39.3 Å². The van der Waals surface area contributed by atoms with Crippen molar-refractivity contribution >= 4 is 28.1 Å². The highest BCUT2D eigenvalue weighted by Gasteiger charge is 2.28. The van der Waals surface area contributed by atoms with Gasteiger partial charge in [-0.25, -0.2) is 9.59 Å². The predicted octanol–water partition coefficient (Wildman–Crippen LogP) is 3.77. The van der Waals surface area contributed by atoms with Gasteiger partial charge < -0.3 is 19.9 Å². The Kier molecular flexibility index (Phi) is 6.32. The Morgan fingerprint density at radius 3 is 2.24 bits per heavy atom. The van der Waals surface area contributed by atoms with Gasteiger partial charge in [0.2, 0.25) is 0 Å². The van der Waals surface area contributed by atoms with Gasteiger partial charge in [-0.1, -0.05) is 34.1 Å². The van der Waals surface area contributed by atoms with Crippen molar-refractivity contribution in [3.63, 3.8) is 0 Å². The number of carbonyl (C=O) groups is 2. The molecule has 0 bridgehead atoms. The SMILES string of the molecule is CC(NC(=O)N1CCN(C(=O)OC(C)(C)C)CC1)c1ccccc1Br. The fourth-order valence-corrected chi connectivity index (χ4v) is 3.23. The third-order valence-corrected chi connectivity index (χ3v) is 4.65. The summed E-state index contributed by atoms with van der Waals surface area (Å²) in [5.41, 5.74) is 0.521. The van der Waals surface area contributed by atoms with E-state index in [4.69, 9.17) is 4.74 Å². The van der Waals surface area contributed by atoms with Gasteiger partial charge >= 0.3 is 12.1 Å². The van der Waals surface area contributed by atoms with Gasteiger partial charge in [-0.15, -0.1) is 0 Å². The van der Waals surface area contributed by atoms with E-state index in [9.17, 15) is 9.59 Å². The van der Waals surface area contributed by atoms with Crippen molar-refractivity contribution in [2.75, 3.05) is 26.2 Å². The molecule has 1 N–H and O–H groups in total. The lowest BCUT2D eigenvalue weighted by atomic mass is 10.1. The first kappa shape index (κ1) is 19.6. The van der Waals surface area contributed by atoms with Crippen LogP contribution in [0.5, 0.6) is 0 Å². The molecular formula is C18H26BrN3O3. The van der Waals surface area contributed by atoms with E-state index in [-0.39, 0.29) is 18.2 Å². The van der Waals surface area contributed by atoms with E-state index in [1.54, 1.807) is 9.80 Å². The van der Waals surface area contributed by atoms with Crippen LogP contribution in [0.15, 0.2) is 28.7 Å². The Bertz CT molecular complexity index is 622. The summed E-state index contributed by atoms with van der Waals surface area (Å²) in [5, 5.41) is 3.01. The molecular weight excluding hydrogens is 386 g/mol. The quantitative estimate of drug-likeness (QED) is 0.805. The number of carbonyl (C=O) groups excluding carboxylic acids is 2. The first-order chi connectivity index (χ1) is 11.7. The zero-order valence-electron chi connectivity index (χ0n) is 15.2. The number of hydrogen-bond acceptors (Lipinski definition) is 3. The minimum Gasteiger partial charge on any atom is -0.444 e.